The molecule has 0 unspecified atom stereocenters. The summed E-state index contributed by atoms with van der Waals surface area (Å²) in [7, 11) is 0. The van der Waals surface area contributed by atoms with Gasteiger partial charge in [-0.15, -0.1) is 0 Å². The largest absolute Gasteiger partial charge is 0.492 e. The van der Waals surface area contributed by atoms with E-state index in [0.29, 0.717) is 16.9 Å². The first-order chi connectivity index (χ1) is 18.0. The Kier molecular flexibility index (Phi) is 6.63. The molecular weight excluding hydrogens is 472 g/mol. The first kappa shape index (κ1) is 23.7. The van der Waals surface area contributed by atoms with Crippen LogP contribution in [0.5, 0.6) is 5.75 Å². The van der Waals surface area contributed by atoms with E-state index in [-0.39, 0.29) is 36.9 Å². The second-order valence-electron chi connectivity index (χ2n) is 8.43. The van der Waals surface area contributed by atoms with Crippen LogP contribution in [-0.4, -0.2) is 41.2 Å². The van der Waals surface area contributed by atoms with Crippen molar-refractivity contribution in [3.8, 4) is 5.75 Å². The van der Waals surface area contributed by atoms with E-state index in [0.717, 1.165) is 16.4 Å². The van der Waals surface area contributed by atoms with E-state index in [4.69, 9.17) is 9.15 Å². The SMILES string of the molecule is O=C(CN(CCOc1ccc2c(c1)oc1ccccc12)C(=O)c1ccccc1)c1cccc([N+](=O)[O-])c1. The molecule has 184 valence electrons. The number of nitro benzene ring substituents is 1. The highest BCUT2D eigenvalue weighted by Gasteiger charge is 2.21. The number of rotatable bonds is 9. The lowest BCUT2D eigenvalue weighted by atomic mass is 10.1. The molecule has 8 nitrogen and oxygen atoms in total. The van der Waals surface area contributed by atoms with Crippen LogP contribution in [0.1, 0.15) is 20.7 Å². The van der Waals surface area contributed by atoms with Gasteiger partial charge in [0.2, 0.25) is 0 Å². The highest BCUT2D eigenvalue weighted by molar-refractivity contribution is 6.05. The Morgan fingerprint density at radius 1 is 0.811 bits per heavy atom. The number of nitrogens with zero attached hydrogens (tertiary/aromatic N) is 2. The number of para-hydroxylation sites is 1. The molecule has 0 spiro atoms. The number of hydrogen-bond acceptors (Lipinski definition) is 6. The standard InChI is InChI=1S/C29H22N2O6/c32-26(21-9-6-10-22(17-21)31(34)35)19-30(29(33)20-7-2-1-3-8-20)15-16-36-23-13-14-25-24-11-4-5-12-27(24)37-28(25)18-23/h1-14,17-18H,15-16,19H2. The number of non-ortho nitro benzene ring substituents is 1. The molecule has 0 bridgehead atoms. The Balaban J connectivity index is 1.32. The number of amides is 1. The summed E-state index contributed by atoms with van der Waals surface area (Å²) >= 11 is 0. The Labute approximate surface area is 211 Å². The summed E-state index contributed by atoms with van der Waals surface area (Å²) < 4.78 is 11.8. The van der Waals surface area contributed by atoms with Gasteiger partial charge in [-0.3, -0.25) is 19.7 Å². The van der Waals surface area contributed by atoms with E-state index in [1.165, 1.54) is 29.2 Å². The van der Waals surface area contributed by atoms with E-state index >= 15 is 0 Å². The zero-order chi connectivity index (χ0) is 25.8. The fourth-order valence-corrected chi connectivity index (χ4v) is 4.14. The lowest BCUT2D eigenvalue weighted by Gasteiger charge is -2.22. The van der Waals surface area contributed by atoms with E-state index in [2.05, 4.69) is 0 Å². The smallest absolute Gasteiger partial charge is 0.270 e. The maximum Gasteiger partial charge on any atom is 0.270 e. The summed E-state index contributed by atoms with van der Waals surface area (Å²) in [5.74, 6) is -0.170. The quantitative estimate of drug-likeness (QED) is 0.144. The maximum atomic E-state index is 13.2. The first-order valence-electron chi connectivity index (χ1n) is 11.7. The van der Waals surface area contributed by atoms with Crippen LogP contribution in [0.4, 0.5) is 5.69 Å². The van der Waals surface area contributed by atoms with Crippen LogP contribution in [0.3, 0.4) is 0 Å². The van der Waals surface area contributed by atoms with Crippen molar-refractivity contribution in [2.24, 2.45) is 0 Å². The molecule has 37 heavy (non-hydrogen) atoms. The summed E-state index contributed by atoms with van der Waals surface area (Å²) in [4.78, 5) is 38.1. The zero-order valence-electron chi connectivity index (χ0n) is 19.7. The molecule has 4 aromatic carbocycles. The molecule has 1 aromatic heterocycles. The fourth-order valence-electron chi connectivity index (χ4n) is 4.14. The first-order valence-corrected chi connectivity index (χ1v) is 11.7. The second kappa shape index (κ2) is 10.3. The molecule has 0 aliphatic rings. The molecule has 0 fully saturated rings. The maximum absolute atomic E-state index is 13.2. The molecule has 0 saturated carbocycles. The van der Waals surface area contributed by atoms with Crippen LogP contribution in [0, 0.1) is 10.1 Å². The van der Waals surface area contributed by atoms with Gasteiger partial charge in [-0.25, -0.2) is 0 Å². The number of fused-ring (bicyclic) bond motifs is 3. The predicted molar refractivity (Wildman–Crippen MR) is 139 cm³/mol. The van der Waals surface area contributed by atoms with Crippen LogP contribution in [-0.2, 0) is 0 Å². The third kappa shape index (κ3) is 5.18. The number of nitro groups is 1. The van der Waals surface area contributed by atoms with Crippen molar-refractivity contribution in [2.75, 3.05) is 19.7 Å². The average Bonchev–Trinajstić information content (AvgIpc) is 3.30. The van der Waals surface area contributed by atoms with Crippen molar-refractivity contribution >= 4 is 39.3 Å². The molecule has 1 heterocycles. The summed E-state index contributed by atoms with van der Waals surface area (Å²) in [5, 5.41) is 13.1. The fraction of sp³-hybridized carbons (Fsp3) is 0.103. The number of ketones is 1. The van der Waals surface area contributed by atoms with Crippen LogP contribution in [0.15, 0.2) is 101 Å². The molecular formula is C29H22N2O6. The molecule has 5 aromatic rings. The summed E-state index contributed by atoms with van der Waals surface area (Å²) in [5.41, 5.74) is 1.89. The zero-order valence-corrected chi connectivity index (χ0v) is 19.7. The number of hydrogen-bond donors (Lipinski definition) is 0. The molecule has 0 atom stereocenters. The van der Waals surface area contributed by atoms with Gasteiger partial charge < -0.3 is 14.1 Å². The normalized spacial score (nSPS) is 10.9. The summed E-state index contributed by atoms with van der Waals surface area (Å²) in [6.07, 6.45) is 0. The number of benzene rings is 4. The van der Waals surface area contributed by atoms with Crippen LogP contribution in [0.2, 0.25) is 0 Å². The molecule has 8 heteroatoms. The summed E-state index contributed by atoms with van der Waals surface area (Å²) in [6, 6.07) is 27.4. The van der Waals surface area contributed by atoms with Crippen LogP contribution < -0.4 is 4.74 Å². The lowest BCUT2D eigenvalue weighted by molar-refractivity contribution is -0.384. The topological polar surface area (TPSA) is 103 Å². The minimum atomic E-state index is -0.559. The number of Topliss-reactive ketones (excluding diaryl/α,β-unsaturated/α-hetero) is 1. The molecule has 0 aliphatic heterocycles. The number of furan rings is 1. The minimum Gasteiger partial charge on any atom is -0.492 e. The van der Waals surface area contributed by atoms with Gasteiger partial charge in [0.1, 0.15) is 23.5 Å². The third-order valence-corrected chi connectivity index (χ3v) is 6.00. The summed E-state index contributed by atoms with van der Waals surface area (Å²) in [6.45, 7) is 0.0138. The monoisotopic (exact) mass is 494 g/mol. The van der Waals surface area contributed by atoms with Crippen molar-refractivity contribution in [3.05, 3.63) is 118 Å². The third-order valence-electron chi connectivity index (χ3n) is 6.00. The van der Waals surface area contributed by atoms with Gasteiger partial charge >= 0.3 is 0 Å². The van der Waals surface area contributed by atoms with Gasteiger partial charge in [-0.1, -0.05) is 48.5 Å². The molecule has 0 radical (unpaired) electrons. The minimum absolute atomic E-state index is 0.131. The highest BCUT2D eigenvalue weighted by atomic mass is 16.6. The average molecular weight is 495 g/mol. The van der Waals surface area contributed by atoms with Crippen molar-refractivity contribution in [1.29, 1.82) is 0 Å². The van der Waals surface area contributed by atoms with Gasteiger partial charge in [-0.2, -0.15) is 0 Å². The Morgan fingerprint density at radius 2 is 1.54 bits per heavy atom. The van der Waals surface area contributed by atoms with Crippen LogP contribution >= 0.6 is 0 Å². The van der Waals surface area contributed by atoms with Crippen molar-refractivity contribution in [1.82, 2.24) is 4.90 Å². The number of carbonyl (C=O) groups excluding carboxylic acids is 2. The molecule has 1 amide bonds. The van der Waals surface area contributed by atoms with Gasteiger partial charge in [-0.05, 0) is 30.3 Å². The molecule has 0 saturated heterocycles. The lowest BCUT2D eigenvalue weighted by Crippen LogP contribution is -2.38. The van der Waals surface area contributed by atoms with E-state index < -0.39 is 10.7 Å². The van der Waals surface area contributed by atoms with E-state index in [9.17, 15) is 19.7 Å². The predicted octanol–water partition coefficient (Wildman–Crippen LogP) is 5.90. The van der Waals surface area contributed by atoms with Crippen molar-refractivity contribution in [3.63, 3.8) is 0 Å². The Bertz CT molecular complexity index is 1610. The van der Waals surface area contributed by atoms with Crippen molar-refractivity contribution in [2.45, 2.75) is 0 Å². The Morgan fingerprint density at radius 3 is 2.35 bits per heavy atom. The van der Waals surface area contributed by atoms with E-state index in [1.807, 2.05) is 36.4 Å². The van der Waals surface area contributed by atoms with Gasteiger partial charge in [0, 0.05) is 40.1 Å². The molecule has 0 aliphatic carbocycles. The van der Waals surface area contributed by atoms with Gasteiger partial charge in [0.25, 0.3) is 11.6 Å². The molecule has 0 N–H and O–H groups in total. The van der Waals surface area contributed by atoms with E-state index in [1.54, 1.807) is 36.4 Å². The number of carbonyl (C=O) groups is 2. The van der Waals surface area contributed by atoms with Gasteiger partial charge in [0.05, 0.1) is 18.0 Å². The Hall–Kier alpha value is -4.98. The van der Waals surface area contributed by atoms with Gasteiger partial charge in [0.15, 0.2) is 5.78 Å². The van der Waals surface area contributed by atoms with Crippen LogP contribution in [0.25, 0.3) is 21.9 Å². The highest BCUT2D eigenvalue weighted by Crippen LogP contribution is 2.31. The van der Waals surface area contributed by atoms with Crippen molar-refractivity contribution < 1.29 is 23.7 Å². The number of ether oxygens (including phenoxy) is 1. The molecule has 5 rings (SSSR count). The second-order valence-corrected chi connectivity index (χ2v) is 8.43.